The number of piperazine rings is 1. The second kappa shape index (κ2) is 9.65. The molecule has 2 aliphatic rings. The number of piperidine rings is 1. The molecular formula is C26H33N3O2. The van der Waals surface area contributed by atoms with E-state index in [2.05, 4.69) is 60.4 Å². The van der Waals surface area contributed by atoms with Crippen molar-refractivity contribution in [1.29, 1.82) is 0 Å². The molecule has 2 aromatic carbocycles. The fourth-order valence-corrected chi connectivity index (χ4v) is 4.93. The summed E-state index contributed by atoms with van der Waals surface area (Å²) in [6.07, 6.45) is 0.816. The maximum atomic E-state index is 13.4. The van der Waals surface area contributed by atoms with Crippen LogP contribution in [0, 0.1) is 12.8 Å². The molecule has 5 nitrogen and oxygen atoms in total. The van der Waals surface area contributed by atoms with Crippen LogP contribution in [0.25, 0.3) is 0 Å². The Morgan fingerprint density at radius 3 is 2.32 bits per heavy atom. The molecular weight excluding hydrogens is 386 g/mol. The molecule has 4 rings (SSSR count). The molecule has 2 saturated heterocycles. The Labute approximate surface area is 185 Å². The number of aryl methyl sites for hydroxylation is 1. The van der Waals surface area contributed by atoms with Crippen LogP contribution in [0.1, 0.15) is 36.0 Å². The standard InChI is InChI=1S/C26H33N3O2/c1-20-7-6-10-23(15-20)24-16-25(19-29(18-24)21(2)30)26(31)28-13-11-27(12-14-28)17-22-8-4-3-5-9-22/h3-10,15,24-25H,11-14,16-19H2,1-2H3. The lowest BCUT2D eigenvalue weighted by Gasteiger charge is -2.41. The van der Waals surface area contributed by atoms with Crippen molar-refractivity contribution in [1.82, 2.24) is 14.7 Å². The maximum absolute atomic E-state index is 13.4. The van der Waals surface area contributed by atoms with Gasteiger partial charge in [0.25, 0.3) is 0 Å². The molecule has 0 aromatic heterocycles. The van der Waals surface area contributed by atoms with Crippen molar-refractivity contribution in [2.24, 2.45) is 5.92 Å². The molecule has 0 N–H and O–H groups in total. The molecule has 2 fully saturated rings. The van der Waals surface area contributed by atoms with Gasteiger partial charge in [-0.05, 0) is 24.5 Å². The highest BCUT2D eigenvalue weighted by Crippen LogP contribution is 2.32. The molecule has 0 bridgehead atoms. The van der Waals surface area contributed by atoms with Crippen LogP contribution in [0.5, 0.6) is 0 Å². The average molecular weight is 420 g/mol. The molecule has 2 unspecified atom stereocenters. The summed E-state index contributed by atoms with van der Waals surface area (Å²) in [6, 6.07) is 19.0. The van der Waals surface area contributed by atoms with E-state index < -0.39 is 0 Å². The number of amides is 2. The number of hydrogen-bond acceptors (Lipinski definition) is 3. The molecule has 0 aliphatic carbocycles. The van der Waals surface area contributed by atoms with Crippen molar-refractivity contribution >= 4 is 11.8 Å². The smallest absolute Gasteiger partial charge is 0.227 e. The molecule has 2 amide bonds. The number of hydrogen-bond donors (Lipinski definition) is 0. The predicted molar refractivity (Wildman–Crippen MR) is 123 cm³/mol. The van der Waals surface area contributed by atoms with Gasteiger partial charge in [0.15, 0.2) is 0 Å². The minimum absolute atomic E-state index is 0.0582. The Bertz CT molecular complexity index is 906. The normalized spacial score (nSPS) is 22.4. The first-order valence-corrected chi connectivity index (χ1v) is 11.4. The zero-order valence-corrected chi connectivity index (χ0v) is 18.7. The largest absolute Gasteiger partial charge is 0.342 e. The van der Waals surface area contributed by atoms with E-state index in [1.807, 2.05) is 15.9 Å². The zero-order chi connectivity index (χ0) is 21.8. The Balaban J connectivity index is 1.39. The van der Waals surface area contributed by atoms with E-state index in [1.165, 1.54) is 16.7 Å². The third kappa shape index (κ3) is 5.34. The van der Waals surface area contributed by atoms with E-state index >= 15 is 0 Å². The Morgan fingerprint density at radius 1 is 0.903 bits per heavy atom. The summed E-state index contributed by atoms with van der Waals surface area (Å²) in [4.78, 5) is 31.9. The number of rotatable bonds is 4. The van der Waals surface area contributed by atoms with Gasteiger partial charge in [-0.2, -0.15) is 0 Å². The Morgan fingerprint density at radius 2 is 1.65 bits per heavy atom. The molecule has 0 spiro atoms. The molecule has 0 radical (unpaired) electrons. The second-order valence-corrected chi connectivity index (χ2v) is 9.05. The van der Waals surface area contributed by atoms with Crippen molar-refractivity contribution in [2.75, 3.05) is 39.3 Å². The van der Waals surface area contributed by atoms with Crippen LogP contribution in [0.3, 0.4) is 0 Å². The quantitative estimate of drug-likeness (QED) is 0.764. The van der Waals surface area contributed by atoms with Crippen molar-refractivity contribution in [3.05, 3.63) is 71.3 Å². The lowest BCUT2D eigenvalue weighted by molar-refractivity contribution is -0.142. The minimum Gasteiger partial charge on any atom is -0.342 e. The van der Waals surface area contributed by atoms with E-state index in [1.54, 1.807) is 6.92 Å². The van der Waals surface area contributed by atoms with Gasteiger partial charge in [-0.15, -0.1) is 0 Å². The van der Waals surface area contributed by atoms with E-state index in [9.17, 15) is 9.59 Å². The van der Waals surface area contributed by atoms with Crippen LogP contribution in [-0.2, 0) is 16.1 Å². The number of benzene rings is 2. The second-order valence-electron chi connectivity index (χ2n) is 9.05. The average Bonchev–Trinajstić information content (AvgIpc) is 2.79. The van der Waals surface area contributed by atoms with Crippen LogP contribution < -0.4 is 0 Å². The molecule has 2 heterocycles. The van der Waals surface area contributed by atoms with Crippen molar-refractivity contribution in [3.8, 4) is 0 Å². The van der Waals surface area contributed by atoms with E-state index in [-0.39, 0.29) is 23.7 Å². The van der Waals surface area contributed by atoms with Crippen molar-refractivity contribution in [2.45, 2.75) is 32.7 Å². The number of carbonyl (C=O) groups excluding carboxylic acids is 2. The van der Waals surface area contributed by atoms with Gasteiger partial charge >= 0.3 is 0 Å². The molecule has 2 aliphatic heterocycles. The predicted octanol–water partition coefficient (Wildman–Crippen LogP) is 3.29. The van der Waals surface area contributed by atoms with Gasteiger partial charge in [-0.1, -0.05) is 60.2 Å². The summed E-state index contributed by atoms with van der Waals surface area (Å²) in [7, 11) is 0. The Kier molecular flexibility index (Phi) is 6.71. The van der Waals surface area contributed by atoms with Gasteiger partial charge in [0.05, 0.1) is 5.92 Å². The van der Waals surface area contributed by atoms with Crippen LogP contribution >= 0.6 is 0 Å². The summed E-state index contributed by atoms with van der Waals surface area (Å²) in [6.45, 7) is 9.19. The first-order chi connectivity index (χ1) is 15.0. The first kappa shape index (κ1) is 21.6. The fraction of sp³-hybridized carbons (Fsp3) is 0.462. The topological polar surface area (TPSA) is 43.9 Å². The van der Waals surface area contributed by atoms with Crippen LogP contribution in [-0.4, -0.2) is 65.8 Å². The number of likely N-dealkylation sites (tertiary alicyclic amines) is 1. The lowest BCUT2D eigenvalue weighted by Crippen LogP contribution is -2.53. The van der Waals surface area contributed by atoms with Crippen LogP contribution in [0.15, 0.2) is 54.6 Å². The number of nitrogens with zero attached hydrogens (tertiary/aromatic N) is 3. The van der Waals surface area contributed by atoms with E-state index in [0.717, 1.165) is 39.1 Å². The summed E-state index contributed by atoms with van der Waals surface area (Å²) in [5, 5.41) is 0. The maximum Gasteiger partial charge on any atom is 0.227 e. The monoisotopic (exact) mass is 419 g/mol. The Hall–Kier alpha value is -2.66. The highest BCUT2D eigenvalue weighted by molar-refractivity contribution is 5.81. The van der Waals surface area contributed by atoms with Gasteiger partial charge < -0.3 is 9.80 Å². The van der Waals surface area contributed by atoms with Crippen molar-refractivity contribution < 1.29 is 9.59 Å². The summed E-state index contributed by atoms with van der Waals surface area (Å²) < 4.78 is 0. The van der Waals surface area contributed by atoms with Gasteiger partial charge in [0, 0.05) is 58.7 Å². The number of carbonyl (C=O) groups is 2. The van der Waals surface area contributed by atoms with E-state index in [4.69, 9.17) is 0 Å². The molecule has 2 atom stereocenters. The summed E-state index contributed by atoms with van der Waals surface area (Å²) >= 11 is 0. The van der Waals surface area contributed by atoms with Crippen molar-refractivity contribution in [3.63, 3.8) is 0 Å². The lowest BCUT2D eigenvalue weighted by atomic mass is 9.83. The van der Waals surface area contributed by atoms with E-state index in [0.29, 0.717) is 13.1 Å². The molecule has 31 heavy (non-hydrogen) atoms. The van der Waals surface area contributed by atoms with Gasteiger partial charge in [0.1, 0.15) is 0 Å². The summed E-state index contributed by atoms with van der Waals surface area (Å²) in [5.74, 6) is 0.362. The summed E-state index contributed by atoms with van der Waals surface area (Å²) in [5.41, 5.74) is 3.76. The molecule has 0 saturated carbocycles. The fourth-order valence-electron chi connectivity index (χ4n) is 4.93. The molecule has 5 heteroatoms. The van der Waals surface area contributed by atoms with Crippen LogP contribution in [0.2, 0.25) is 0 Å². The highest BCUT2D eigenvalue weighted by atomic mass is 16.2. The van der Waals surface area contributed by atoms with Gasteiger partial charge in [-0.3, -0.25) is 14.5 Å². The molecule has 2 aromatic rings. The third-order valence-electron chi connectivity index (χ3n) is 6.69. The SMILES string of the molecule is CC(=O)N1CC(C(=O)N2CCN(Cc3ccccc3)CC2)CC(c2cccc(C)c2)C1. The molecule has 164 valence electrons. The van der Waals surface area contributed by atoms with Gasteiger partial charge in [0.2, 0.25) is 11.8 Å². The third-order valence-corrected chi connectivity index (χ3v) is 6.69. The van der Waals surface area contributed by atoms with Gasteiger partial charge in [-0.25, -0.2) is 0 Å². The minimum atomic E-state index is -0.121. The van der Waals surface area contributed by atoms with Crippen LogP contribution in [0.4, 0.5) is 0 Å². The zero-order valence-electron chi connectivity index (χ0n) is 18.7. The highest BCUT2D eigenvalue weighted by Gasteiger charge is 2.36. The first-order valence-electron chi connectivity index (χ1n) is 11.4.